The van der Waals surface area contributed by atoms with Crippen molar-refractivity contribution in [2.75, 3.05) is 5.32 Å². The van der Waals surface area contributed by atoms with Crippen LogP contribution in [0.2, 0.25) is 10.0 Å². The topological polar surface area (TPSA) is 49.2 Å². The molecule has 86 valence electrons. The Morgan fingerprint density at radius 2 is 1.94 bits per heavy atom. The lowest BCUT2D eigenvalue weighted by molar-refractivity contribution is 1.44. The predicted molar refractivity (Wildman–Crippen MR) is 70.9 cm³/mol. The van der Waals surface area contributed by atoms with Crippen LogP contribution < -0.4 is 10.9 Å². The lowest BCUT2D eigenvalue weighted by Gasteiger charge is -2.04. The highest BCUT2D eigenvalue weighted by Gasteiger charge is 2.10. The fourth-order valence-corrected chi connectivity index (χ4v) is 2.46. The molecule has 0 amide bonds. The molecule has 7 heteroatoms. The Kier molecular flexibility index (Phi) is 3.38. The molecule has 17 heavy (non-hydrogen) atoms. The lowest BCUT2D eigenvalue weighted by Crippen LogP contribution is -1.95. The summed E-state index contributed by atoms with van der Waals surface area (Å²) in [4.78, 5) is 14.4. The van der Waals surface area contributed by atoms with Crippen molar-refractivity contribution in [2.45, 2.75) is 0 Å². The molecule has 1 heterocycles. The maximum Gasteiger partial charge on any atom is 0.285 e. The third-order valence-corrected chi connectivity index (χ3v) is 3.13. The molecule has 0 radical (unpaired) electrons. The smallest absolute Gasteiger partial charge is 0.285 e. The van der Waals surface area contributed by atoms with Gasteiger partial charge in [-0.2, -0.15) is 0 Å². The van der Waals surface area contributed by atoms with Gasteiger partial charge in [-0.05, 0) is 18.2 Å². The zero-order valence-electron chi connectivity index (χ0n) is 8.25. The maximum atomic E-state index is 11.2. The van der Waals surface area contributed by atoms with E-state index in [2.05, 4.69) is 14.5 Å². The van der Waals surface area contributed by atoms with Crippen molar-refractivity contribution in [1.29, 1.82) is 0 Å². The standard InChI is InChI=1S/C10H5Cl2N3OS/c1-13-8-9(16)15-17-10(8)14-7-3-5(11)2-6(12)4-7/h2-4,14H,(H,15,16). The summed E-state index contributed by atoms with van der Waals surface area (Å²) in [5.74, 6) is 0. The highest BCUT2D eigenvalue weighted by Crippen LogP contribution is 2.30. The van der Waals surface area contributed by atoms with E-state index in [4.69, 9.17) is 29.8 Å². The minimum atomic E-state index is -0.402. The second kappa shape index (κ2) is 4.80. The van der Waals surface area contributed by atoms with Crippen molar-refractivity contribution < 1.29 is 0 Å². The summed E-state index contributed by atoms with van der Waals surface area (Å²) < 4.78 is 2.48. The van der Waals surface area contributed by atoms with Crippen LogP contribution >= 0.6 is 34.7 Å². The van der Waals surface area contributed by atoms with Crippen LogP contribution in [0, 0.1) is 6.57 Å². The van der Waals surface area contributed by atoms with E-state index < -0.39 is 5.56 Å². The molecule has 4 nitrogen and oxygen atoms in total. The number of nitrogens with zero attached hydrogens (tertiary/aromatic N) is 1. The van der Waals surface area contributed by atoms with Gasteiger partial charge in [0, 0.05) is 15.7 Å². The molecule has 2 rings (SSSR count). The summed E-state index contributed by atoms with van der Waals surface area (Å²) in [5, 5.41) is 4.34. The van der Waals surface area contributed by atoms with Gasteiger partial charge in [-0.1, -0.05) is 34.7 Å². The number of rotatable bonds is 2. The summed E-state index contributed by atoms with van der Waals surface area (Å²) in [6.45, 7) is 6.91. The molecule has 0 fully saturated rings. The highest BCUT2D eigenvalue weighted by molar-refractivity contribution is 7.11. The van der Waals surface area contributed by atoms with Crippen LogP contribution in [0.15, 0.2) is 23.0 Å². The first-order valence-corrected chi connectivity index (χ1v) is 5.99. The van der Waals surface area contributed by atoms with Crippen LogP contribution in [-0.4, -0.2) is 4.37 Å². The summed E-state index contributed by atoms with van der Waals surface area (Å²) in [6, 6.07) is 4.92. The number of halogens is 2. The fourth-order valence-electron chi connectivity index (χ4n) is 1.24. The largest absolute Gasteiger partial charge is 0.355 e. The van der Waals surface area contributed by atoms with Crippen molar-refractivity contribution >= 4 is 51.1 Å². The molecule has 0 saturated heterocycles. The molecule has 0 bridgehead atoms. The van der Waals surface area contributed by atoms with Crippen LogP contribution in [0.1, 0.15) is 0 Å². The van der Waals surface area contributed by atoms with Gasteiger partial charge >= 0.3 is 0 Å². The summed E-state index contributed by atoms with van der Waals surface area (Å²) in [5.41, 5.74) is 0.259. The van der Waals surface area contributed by atoms with Gasteiger partial charge in [-0.15, -0.1) is 0 Å². The number of aromatic nitrogens is 1. The van der Waals surface area contributed by atoms with Gasteiger partial charge in [-0.3, -0.25) is 9.17 Å². The molecule has 0 aliphatic heterocycles. The second-order valence-electron chi connectivity index (χ2n) is 3.11. The Morgan fingerprint density at radius 1 is 1.29 bits per heavy atom. The normalized spacial score (nSPS) is 9.94. The van der Waals surface area contributed by atoms with Crippen LogP contribution in [0.5, 0.6) is 0 Å². The van der Waals surface area contributed by atoms with Gasteiger partial charge in [0.1, 0.15) is 5.00 Å². The number of hydrogen-bond donors (Lipinski definition) is 2. The molecule has 0 aliphatic rings. The number of aromatic amines is 1. The number of benzene rings is 1. The van der Waals surface area contributed by atoms with Crippen LogP contribution in [0.3, 0.4) is 0 Å². The maximum absolute atomic E-state index is 11.2. The fraction of sp³-hybridized carbons (Fsp3) is 0. The molecule has 1 aromatic heterocycles. The first-order valence-electron chi connectivity index (χ1n) is 4.42. The lowest BCUT2D eigenvalue weighted by atomic mass is 10.3. The van der Waals surface area contributed by atoms with Crippen LogP contribution in [0.25, 0.3) is 4.85 Å². The Labute approximate surface area is 111 Å². The van der Waals surface area contributed by atoms with E-state index in [0.29, 0.717) is 20.7 Å². The van der Waals surface area contributed by atoms with Crippen LogP contribution in [0.4, 0.5) is 16.4 Å². The Morgan fingerprint density at radius 3 is 2.53 bits per heavy atom. The number of H-pyrrole nitrogens is 1. The minimum absolute atomic E-state index is 0.0334. The summed E-state index contributed by atoms with van der Waals surface area (Å²) in [7, 11) is 0. The van der Waals surface area contributed by atoms with E-state index in [0.717, 1.165) is 11.5 Å². The number of anilines is 2. The van der Waals surface area contributed by atoms with E-state index >= 15 is 0 Å². The van der Waals surface area contributed by atoms with Crippen molar-refractivity contribution in [1.82, 2.24) is 4.37 Å². The highest BCUT2D eigenvalue weighted by atomic mass is 35.5. The minimum Gasteiger partial charge on any atom is -0.355 e. The second-order valence-corrected chi connectivity index (χ2v) is 4.80. The molecular weight excluding hydrogens is 281 g/mol. The van der Waals surface area contributed by atoms with E-state index in [-0.39, 0.29) is 5.69 Å². The summed E-state index contributed by atoms with van der Waals surface area (Å²) >= 11 is 12.7. The van der Waals surface area contributed by atoms with E-state index in [1.165, 1.54) is 0 Å². The number of hydrogen-bond acceptors (Lipinski definition) is 3. The Hall–Kier alpha value is -1.48. The van der Waals surface area contributed by atoms with Gasteiger partial charge in [-0.25, -0.2) is 4.85 Å². The first kappa shape index (κ1) is 12.0. The van der Waals surface area contributed by atoms with E-state index in [1.54, 1.807) is 18.2 Å². The average Bonchev–Trinajstić information content (AvgIpc) is 2.57. The molecule has 0 spiro atoms. The molecule has 1 aromatic carbocycles. The molecule has 2 N–H and O–H groups in total. The zero-order valence-corrected chi connectivity index (χ0v) is 10.6. The van der Waals surface area contributed by atoms with Gasteiger partial charge in [0.2, 0.25) is 0 Å². The van der Waals surface area contributed by atoms with Crippen molar-refractivity contribution in [2.24, 2.45) is 0 Å². The van der Waals surface area contributed by atoms with Crippen LogP contribution in [-0.2, 0) is 0 Å². The van der Waals surface area contributed by atoms with Gasteiger partial charge in [0.05, 0.1) is 6.57 Å². The average molecular weight is 286 g/mol. The quantitative estimate of drug-likeness (QED) is 0.819. The van der Waals surface area contributed by atoms with Gasteiger partial charge in [0.25, 0.3) is 11.2 Å². The van der Waals surface area contributed by atoms with Gasteiger partial charge in [0.15, 0.2) is 0 Å². The summed E-state index contributed by atoms with van der Waals surface area (Å²) in [6.07, 6.45) is 0. The van der Waals surface area contributed by atoms with E-state index in [1.807, 2.05) is 0 Å². The van der Waals surface area contributed by atoms with Crippen molar-refractivity contribution in [3.8, 4) is 0 Å². The number of nitrogens with one attached hydrogen (secondary N) is 2. The van der Waals surface area contributed by atoms with Gasteiger partial charge < -0.3 is 5.32 Å². The third kappa shape index (κ3) is 2.61. The molecule has 0 aliphatic carbocycles. The molecular formula is C10H5Cl2N3OS. The molecule has 0 unspecified atom stereocenters. The van der Waals surface area contributed by atoms with Crippen molar-refractivity contribution in [3.05, 3.63) is 50.0 Å². The molecule has 0 saturated carbocycles. The van der Waals surface area contributed by atoms with Crippen molar-refractivity contribution in [3.63, 3.8) is 0 Å². The molecule has 0 atom stereocenters. The first-order chi connectivity index (χ1) is 8.10. The SMILES string of the molecule is [C-]#[N+]c1c(Nc2cc(Cl)cc(Cl)c2)s[nH]c1=O. The predicted octanol–water partition coefficient (Wildman–Crippen LogP) is 4.04. The Balaban J connectivity index is 2.38. The molecule has 2 aromatic rings. The Bertz CT molecular complexity index is 636. The third-order valence-electron chi connectivity index (χ3n) is 1.91. The van der Waals surface area contributed by atoms with E-state index in [9.17, 15) is 4.79 Å². The monoisotopic (exact) mass is 285 g/mol. The zero-order chi connectivity index (χ0) is 12.4.